The van der Waals surface area contributed by atoms with Crippen LogP contribution in [0.1, 0.15) is 91.4 Å². The van der Waals surface area contributed by atoms with Crippen LogP contribution in [0.25, 0.3) is 80.1 Å². The molecule has 4 aromatic heterocycles. The molecule has 0 bridgehead atoms. The molecular formula is C88H108Cl2N4O15. The van der Waals surface area contributed by atoms with Crippen molar-refractivity contribution in [3.8, 4) is 0 Å². The molecule has 12 aromatic rings. The van der Waals surface area contributed by atoms with Gasteiger partial charge in [-0.2, -0.15) is 0 Å². The van der Waals surface area contributed by atoms with E-state index in [4.69, 9.17) is 35.4 Å². The summed E-state index contributed by atoms with van der Waals surface area (Å²) in [5.41, 5.74) is 12.5. The van der Waals surface area contributed by atoms with Crippen molar-refractivity contribution in [2.45, 2.75) is 48.5 Å². The summed E-state index contributed by atoms with van der Waals surface area (Å²) < 4.78 is 17.0. The number of hydrogen-bond donors (Lipinski definition) is 6. The van der Waals surface area contributed by atoms with E-state index in [2.05, 4.69) is 137 Å². The Balaban J connectivity index is -0.000000378. The Morgan fingerprint density at radius 3 is 0.725 bits per heavy atom. The lowest BCUT2D eigenvalue weighted by Gasteiger charge is -1.98. The van der Waals surface area contributed by atoms with Gasteiger partial charge in [0.1, 0.15) is 6.29 Å². The lowest BCUT2D eigenvalue weighted by atomic mass is 10.1. The van der Waals surface area contributed by atoms with Crippen molar-refractivity contribution in [3.05, 3.63) is 312 Å². The molecular weight excluding hydrogens is 1420 g/mol. The average Bonchev–Trinajstić information content (AvgIpc) is 0.864. The van der Waals surface area contributed by atoms with Gasteiger partial charge in [-0.3, -0.25) is 29.0 Å². The molecule has 6 N–H and O–H groups in total. The second-order valence-corrected chi connectivity index (χ2v) is 20.0. The first-order valence-electron chi connectivity index (χ1n) is 33.3. The standard InChI is InChI=1S/3C17H13N.C10H9N.C7H6O.C4H6O3.C4H10O.2C3H6O2.6CH4O.2ClH/c3*1-2-6-14(7-3-1)10-12-16-13-11-15-8-4-5-9-17(15)18-16;1-8-6-7-9-4-2-3-5-10(9)11-8;8-6-7-4-2-1-3-5-7;1-3(5)7-4(2)6;1-3-5-4-2;2*1-3(4)5-2;6*1-2;;/h3*1-13H;2-7H,1H3;1-6H;1-2H3;3-4H2,1-2H3;2*1-2H3;6*2H,1H3;2*1H/b3*12-10+;;;;;;;;;;;;;;. The van der Waals surface area contributed by atoms with Gasteiger partial charge in [-0.15, -0.1) is 24.8 Å². The number of aryl methyl sites for hydroxylation is 1. The molecule has 0 spiro atoms. The largest absolute Gasteiger partial charge is 0.469 e. The molecule has 21 heteroatoms. The number of methoxy groups -OCH3 is 2. The number of benzene rings is 8. The molecule has 0 atom stereocenters. The molecule has 109 heavy (non-hydrogen) atoms. The lowest BCUT2D eigenvalue weighted by molar-refractivity contribution is -0.156. The Labute approximate surface area is 655 Å². The van der Waals surface area contributed by atoms with Gasteiger partial charge in [-0.25, -0.2) is 15.0 Å². The molecule has 0 saturated carbocycles. The van der Waals surface area contributed by atoms with Gasteiger partial charge < -0.3 is 49.6 Å². The fourth-order valence-corrected chi connectivity index (χ4v) is 7.87. The Kier molecular flexibility index (Phi) is 71.7. The molecule has 4 heterocycles. The maximum absolute atomic E-state index is 10.0. The molecule has 0 aliphatic carbocycles. The van der Waals surface area contributed by atoms with Gasteiger partial charge in [0.2, 0.25) is 0 Å². The summed E-state index contributed by atoms with van der Waals surface area (Å²) in [6.07, 6.45) is 13.2. The van der Waals surface area contributed by atoms with Crippen LogP contribution < -0.4 is 0 Å². The lowest BCUT2D eigenvalue weighted by Crippen LogP contribution is -2.03. The number of pyridine rings is 4. The molecule has 0 aliphatic heterocycles. The number of halogens is 2. The fourth-order valence-electron chi connectivity index (χ4n) is 7.87. The number of aldehydes is 1. The van der Waals surface area contributed by atoms with Crippen LogP contribution in [-0.2, 0) is 38.1 Å². The third-order valence-electron chi connectivity index (χ3n) is 12.5. The van der Waals surface area contributed by atoms with Gasteiger partial charge in [0, 0.05) is 116 Å². The molecule has 0 unspecified atom stereocenters. The first-order chi connectivity index (χ1) is 52.1. The van der Waals surface area contributed by atoms with Crippen LogP contribution in [0.15, 0.2) is 267 Å². The number of carbonyl (C=O) groups excluding carboxylic acids is 5. The van der Waals surface area contributed by atoms with Gasteiger partial charge in [0.15, 0.2) is 0 Å². The van der Waals surface area contributed by atoms with Crippen LogP contribution >= 0.6 is 24.8 Å². The van der Waals surface area contributed by atoms with Crippen molar-refractivity contribution in [2.24, 2.45) is 0 Å². The van der Waals surface area contributed by atoms with Crippen molar-refractivity contribution in [2.75, 3.05) is 70.1 Å². The van der Waals surface area contributed by atoms with Crippen molar-refractivity contribution >= 4 is 135 Å². The minimum absolute atomic E-state index is 0. The summed E-state index contributed by atoms with van der Waals surface area (Å²) in [5, 5.41) is 46.7. The number of nitrogens with zero attached hydrogens (tertiary/aromatic N) is 4. The molecule has 0 saturated heterocycles. The van der Waals surface area contributed by atoms with Crippen molar-refractivity contribution in [1.29, 1.82) is 0 Å². The van der Waals surface area contributed by atoms with Crippen molar-refractivity contribution in [1.82, 2.24) is 19.9 Å². The fraction of sp³-hybridized carbons (Fsp3) is 0.193. The van der Waals surface area contributed by atoms with E-state index in [-0.39, 0.29) is 36.8 Å². The maximum atomic E-state index is 10.0. The zero-order chi connectivity index (χ0) is 80.7. The van der Waals surface area contributed by atoms with Crippen LogP contribution in [0, 0.1) is 6.92 Å². The summed E-state index contributed by atoms with van der Waals surface area (Å²) in [7, 11) is 8.70. The highest BCUT2D eigenvalue weighted by molar-refractivity contribution is 5.86. The summed E-state index contributed by atoms with van der Waals surface area (Å²) >= 11 is 0. The molecule has 0 fully saturated rings. The number of aliphatic hydroxyl groups excluding tert-OH is 6. The van der Waals surface area contributed by atoms with Crippen LogP contribution in [0.3, 0.4) is 0 Å². The van der Waals surface area contributed by atoms with Gasteiger partial charge >= 0.3 is 23.9 Å². The summed E-state index contributed by atoms with van der Waals surface area (Å²) in [6.45, 7) is 12.8. The topological polar surface area (TPSA) is 295 Å². The Morgan fingerprint density at radius 2 is 0.523 bits per heavy atom. The summed E-state index contributed by atoms with van der Waals surface area (Å²) in [4.78, 5) is 67.0. The second kappa shape index (κ2) is 73.6. The number of para-hydroxylation sites is 4. The van der Waals surface area contributed by atoms with Crippen molar-refractivity contribution in [3.63, 3.8) is 0 Å². The van der Waals surface area contributed by atoms with Gasteiger partial charge in [-0.1, -0.05) is 237 Å². The van der Waals surface area contributed by atoms with E-state index in [1.165, 1.54) is 80.1 Å². The highest BCUT2D eigenvalue weighted by Gasteiger charge is 1.99. The van der Waals surface area contributed by atoms with Crippen LogP contribution in [0.5, 0.6) is 0 Å². The Bertz CT molecular complexity index is 4010. The van der Waals surface area contributed by atoms with Gasteiger partial charge in [-0.05, 0) is 104 Å². The summed E-state index contributed by atoms with van der Waals surface area (Å²) in [5.74, 6) is -1.62. The number of carbonyl (C=O) groups is 5. The normalized spacial score (nSPS) is 9.00. The number of fused-ring (bicyclic) bond motifs is 4. The van der Waals surface area contributed by atoms with E-state index in [1.54, 1.807) is 12.1 Å². The van der Waals surface area contributed by atoms with Crippen LogP contribution in [0.4, 0.5) is 0 Å². The quantitative estimate of drug-likeness (QED) is 0.0339. The number of ether oxygens (including phenoxy) is 4. The number of hydrogen-bond acceptors (Lipinski definition) is 19. The monoisotopic (exact) mass is 1530 g/mol. The van der Waals surface area contributed by atoms with Gasteiger partial charge in [0.05, 0.1) is 53.4 Å². The second-order valence-electron chi connectivity index (χ2n) is 20.0. The van der Waals surface area contributed by atoms with E-state index in [9.17, 15) is 24.0 Å². The van der Waals surface area contributed by atoms with E-state index in [0.29, 0.717) is 0 Å². The highest BCUT2D eigenvalue weighted by atomic mass is 35.5. The third-order valence-corrected chi connectivity index (χ3v) is 12.5. The number of aliphatic hydroxyl groups is 6. The average molecular weight is 1530 g/mol. The molecule has 0 radical (unpaired) electrons. The Morgan fingerprint density at radius 1 is 0.303 bits per heavy atom. The molecule has 19 nitrogen and oxygen atoms in total. The molecule has 8 aromatic carbocycles. The number of aromatic nitrogens is 4. The van der Waals surface area contributed by atoms with Crippen LogP contribution in [0.2, 0.25) is 0 Å². The minimum Gasteiger partial charge on any atom is -0.469 e. The summed E-state index contributed by atoms with van der Waals surface area (Å²) in [6, 6.07) is 89.0. The number of rotatable bonds is 9. The third kappa shape index (κ3) is 53.2. The van der Waals surface area contributed by atoms with Gasteiger partial charge in [0.25, 0.3) is 0 Å². The van der Waals surface area contributed by atoms with E-state index in [1.807, 2.05) is 209 Å². The zero-order valence-electron chi connectivity index (χ0n) is 64.8. The molecule has 584 valence electrons. The minimum atomic E-state index is -0.562. The predicted octanol–water partition coefficient (Wildman–Crippen LogP) is 17.2. The smallest absolute Gasteiger partial charge is 0.310 e. The zero-order valence-corrected chi connectivity index (χ0v) is 66.5. The van der Waals surface area contributed by atoms with Crippen LogP contribution in [-0.4, -0.2) is 151 Å². The maximum Gasteiger partial charge on any atom is 0.310 e. The predicted molar refractivity (Wildman–Crippen MR) is 453 cm³/mol. The molecule has 12 rings (SSSR count). The highest BCUT2D eigenvalue weighted by Crippen LogP contribution is 2.17. The number of esters is 4. The first-order valence-corrected chi connectivity index (χ1v) is 33.3. The van der Waals surface area contributed by atoms with E-state index < -0.39 is 11.9 Å². The first kappa shape index (κ1) is 106. The van der Waals surface area contributed by atoms with Crippen molar-refractivity contribution < 1.29 is 73.6 Å². The SMILES string of the molecule is C(=C\c1ccc2ccccc2n1)/c1ccccc1.C(=C\c1ccc2ccccc2n1)/c1ccccc1.C(=C\c1ccc2ccccc2n1)/c1ccccc1.CC(=O)OC(C)=O.CCOCC.CO.CO.CO.CO.CO.CO.COC(C)=O.COC(C)=O.Cc1ccc2ccccc2n1.Cl.Cl.O=Cc1ccccc1. The Hall–Kier alpha value is -11.3. The molecule has 0 amide bonds. The molecule has 0 aliphatic rings. The van der Waals surface area contributed by atoms with E-state index >= 15 is 0 Å². The van der Waals surface area contributed by atoms with E-state index in [0.717, 1.165) is 113 Å².